The van der Waals surface area contributed by atoms with Crippen LogP contribution in [0.3, 0.4) is 0 Å². The lowest BCUT2D eigenvalue weighted by Crippen LogP contribution is -2.45. The molecule has 6 nitrogen and oxygen atoms in total. The Morgan fingerprint density at radius 1 is 1.06 bits per heavy atom. The molecule has 1 aromatic heterocycles. The van der Waals surface area contributed by atoms with Crippen molar-refractivity contribution in [3.63, 3.8) is 0 Å². The Balaban J connectivity index is 1.83. The summed E-state index contributed by atoms with van der Waals surface area (Å²) in [4.78, 5) is 17.9. The number of hydrogen-bond acceptors (Lipinski definition) is 3. The number of aromatic amines is 1. The maximum Gasteiger partial charge on any atom is 0.416 e. The van der Waals surface area contributed by atoms with Gasteiger partial charge in [0.1, 0.15) is 0 Å². The topological polar surface area (TPSA) is 73.5 Å². The molecule has 1 heterocycles. The van der Waals surface area contributed by atoms with Crippen LogP contribution in [0.15, 0.2) is 54.7 Å². The number of nitrogens with one attached hydrogen (secondary N) is 1. The van der Waals surface area contributed by atoms with E-state index in [0.717, 1.165) is 39.2 Å². The van der Waals surface area contributed by atoms with Crippen LogP contribution in [-0.2, 0) is 34.0 Å². The van der Waals surface area contributed by atoms with Crippen molar-refractivity contribution in [1.29, 1.82) is 0 Å². The van der Waals surface area contributed by atoms with Crippen molar-refractivity contribution in [2.24, 2.45) is 0 Å². The first-order valence-electron chi connectivity index (χ1n) is 10.8. The van der Waals surface area contributed by atoms with Crippen LogP contribution in [0.5, 0.6) is 0 Å². The first-order valence-corrected chi connectivity index (χ1v) is 12.7. The lowest BCUT2D eigenvalue weighted by molar-refractivity contribution is -0.137. The second-order valence-corrected chi connectivity index (χ2v) is 10.5. The summed E-state index contributed by atoms with van der Waals surface area (Å²) in [7, 11) is -3.62. The number of H-pyrrole nitrogens is 1. The zero-order valence-electron chi connectivity index (χ0n) is 19.3. The number of alkyl halides is 3. The van der Waals surface area contributed by atoms with Crippen LogP contribution in [0, 0.1) is 0 Å². The average molecular weight is 496 g/mol. The maximum absolute atomic E-state index is 13.2. The van der Waals surface area contributed by atoms with Gasteiger partial charge in [0, 0.05) is 36.2 Å². The van der Waals surface area contributed by atoms with Gasteiger partial charge in [0.2, 0.25) is 15.9 Å². The quantitative estimate of drug-likeness (QED) is 0.477. The van der Waals surface area contributed by atoms with Crippen molar-refractivity contribution in [3.05, 3.63) is 71.4 Å². The molecule has 0 saturated heterocycles. The molecule has 0 saturated carbocycles. The first-order chi connectivity index (χ1) is 15.9. The molecule has 34 heavy (non-hydrogen) atoms. The number of amides is 1. The van der Waals surface area contributed by atoms with E-state index in [1.54, 1.807) is 13.8 Å². The minimum absolute atomic E-state index is 0.0645. The zero-order valence-corrected chi connectivity index (χ0v) is 20.1. The van der Waals surface area contributed by atoms with Crippen LogP contribution < -0.4 is 0 Å². The molecule has 0 bridgehead atoms. The highest BCUT2D eigenvalue weighted by Crippen LogP contribution is 2.29. The smallest absolute Gasteiger partial charge is 0.361 e. The van der Waals surface area contributed by atoms with Gasteiger partial charge in [-0.15, -0.1) is 0 Å². The number of para-hydroxylation sites is 1. The molecular weight excluding hydrogens is 467 g/mol. The van der Waals surface area contributed by atoms with Crippen LogP contribution in [0.25, 0.3) is 10.9 Å². The van der Waals surface area contributed by atoms with Crippen LogP contribution in [0.1, 0.15) is 30.5 Å². The molecule has 184 valence electrons. The summed E-state index contributed by atoms with van der Waals surface area (Å²) in [5, 5.41) is 1.02. The third kappa shape index (κ3) is 6.38. The molecule has 1 N–H and O–H groups in total. The Bertz CT molecular complexity index is 1240. The fourth-order valence-electron chi connectivity index (χ4n) is 3.82. The maximum atomic E-state index is 13.2. The van der Waals surface area contributed by atoms with E-state index in [9.17, 15) is 26.4 Å². The van der Waals surface area contributed by atoms with Crippen molar-refractivity contribution in [3.8, 4) is 0 Å². The van der Waals surface area contributed by atoms with Crippen LogP contribution in [-0.4, -0.2) is 53.9 Å². The standard InChI is InChI=1S/C24H28F3N3O3S/c1-17(2)30(34(3,32)33)16-23(31)29(15-18-8-10-20(11-9-18)24(25,26)27)13-12-19-14-28-22-7-5-4-6-21(19)22/h4-11,14,17,28H,12-13,15-16H2,1-3H3. The van der Waals surface area contributed by atoms with Crippen molar-refractivity contribution in [2.45, 2.75) is 39.0 Å². The van der Waals surface area contributed by atoms with Crippen molar-refractivity contribution in [2.75, 3.05) is 19.3 Å². The highest BCUT2D eigenvalue weighted by Gasteiger charge is 2.30. The van der Waals surface area contributed by atoms with E-state index in [1.807, 2.05) is 30.5 Å². The van der Waals surface area contributed by atoms with Crippen LogP contribution >= 0.6 is 0 Å². The largest absolute Gasteiger partial charge is 0.416 e. The molecule has 0 radical (unpaired) electrons. The van der Waals surface area contributed by atoms with Gasteiger partial charge in [-0.1, -0.05) is 30.3 Å². The van der Waals surface area contributed by atoms with E-state index < -0.39 is 33.7 Å². The van der Waals surface area contributed by atoms with Crippen molar-refractivity contribution in [1.82, 2.24) is 14.2 Å². The molecule has 1 amide bonds. The Kier molecular flexibility index (Phi) is 7.72. The molecule has 0 unspecified atom stereocenters. The number of hydrogen-bond donors (Lipinski definition) is 1. The normalized spacial score (nSPS) is 12.6. The van der Waals surface area contributed by atoms with Gasteiger partial charge >= 0.3 is 6.18 Å². The zero-order chi connectivity index (χ0) is 25.1. The van der Waals surface area contributed by atoms with E-state index in [1.165, 1.54) is 17.0 Å². The summed E-state index contributed by atoms with van der Waals surface area (Å²) >= 11 is 0. The molecule has 2 aromatic carbocycles. The summed E-state index contributed by atoms with van der Waals surface area (Å²) < 4.78 is 64.2. The predicted molar refractivity (Wildman–Crippen MR) is 126 cm³/mol. The number of aromatic nitrogens is 1. The van der Waals surface area contributed by atoms with Gasteiger partial charge in [0.15, 0.2) is 0 Å². The fraction of sp³-hybridized carbons (Fsp3) is 0.375. The molecule has 3 aromatic rings. The monoisotopic (exact) mass is 495 g/mol. The summed E-state index contributed by atoms with van der Waals surface area (Å²) in [5.41, 5.74) is 1.71. The molecular formula is C24H28F3N3O3S. The number of rotatable bonds is 9. The Hall–Kier alpha value is -2.85. The highest BCUT2D eigenvalue weighted by atomic mass is 32.2. The molecule has 3 rings (SSSR count). The summed E-state index contributed by atoms with van der Waals surface area (Å²) in [6, 6.07) is 12.0. The summed E-state index contributed by atoms with van der Waals surface area (Å²) in [5.74, 6) is -0.418. The van der Waals surface area contributed by atoms with E-state index in [4.69, 9.17) is 0 Å². The third-order valence-corrected chi connectivity index (χ3v) is 7.03. The molecule has 0 aliphatic carbocycles. The molecule has 0 fully saturated rings. The van der Waals surface area contributed by atoms with Gasteiger partial charge in [-0.05, 0) is 49.6 Å². The Labute approximate surface area is 197 Å². The number of nitrogens with zero attached hydrogens (tertiary/aromatic N) is 2. The number of benzene rings is 2. The number of sulfonamides is 1. The molecule has 10 heteroatoms. The SMILES string of the molecule is CC(C)N(CC(=O)N(CCc1c[nH]c2ccccc12)Cc1ccc(C(F)(F)F)cc1)S(C)(=O)=O. The molecule has 0 spiro atoms. The number of fused-ring (bicyclic) bond motifs is 1. The second-order valence-electron chi connectivity index (χ2n) is 8.52. The highest BCUT2D eigenvalue weighted by molar-refractivity contribution is 7.88. The third-order valence-electron chi connectivity index (χ3n) is 5.63. The molecule has 0 aliphatic heterocycles. The molecule has 0 aliphatic rings. The van der Waals surface area contributed by atoms with Crippen LogP contribution in [0.2, 0.25) is 0 Å². The van der Waals surface area contributed by atoms with Gasteiger partial charge < -0.3 is 9.88 Å². The van der Waals surface area contributed by atoms with Gasteiger partial charge in [-0.25, -0.2) is 8.42 Å². The van der Waals surface area contributed by atoms with Gasteiger partial charge in [0.05, 0.1) is 18.4 Å². The lowest BCUT2D eigenvalue weighted by atomic mass is 10.1. The summed E-state index contributed by atoms with van der Waals surface area (Å²) in [6.07, 6.45) is -1.04. The van der Waals surface area contributed by atoms with E-state index in [-0.39, 0.29) is 19.6 Å². The molecule has 0 atom stereocenters. The minimum Gasteiger partial charge on any atom is -0.361 e. The number of carbonyl (C=O) groups excluding carboxylic acids is 1. The number of halogens is 3. The Morgan fingerprint density at radius 3 is 2.29 bits per heavy atom. The van der Waals surface area contributed by atoms with Gasteiger partial charge in [0.25, 0.3) is 0 Å². The predicted octanol–water partition coefficient (Wildman–Crippen LogP) is 4.43. The fourth-order valence-corrected chi connectivity index (χ4v) is 4.93. The van der Waals surface area contributed by atoms with Gasteiger partial charge in [-0.2, -0.15) is 17.5 Å². The number of carbonyl (C=O) groups is 1. The van der Waals surface area contributed by atoms with Gasteiger partial charge in [-0.3, -0.25) is 4.79 Å². The lowest BCUT2D eigenvalue weighted by Gasteiger charge is -2.28. The first kappa shape index (κ1) is 25.8. The van der Waals surface area contributed by atoms with E-state index >= 15 is 0 Å². The van der Waals surface area contributed by atoms with Crippen molar-refractivity contribution >= 4 is 26.8 Å². The Morgan fingerprint density at radius 2 is 1.71 bits per heavy atom. The van der Waals surface area contributed by atoms with Crippen LogP contribution in [0.4, 0.5) is 13.2 Å². The minimum atomic E-state index is -4.45. The second kappa shape index (κ2) is 10.2. The van der Waals surface area contributed by atoms with Crippen molar-refractivity contribution < 1.29 is 26.4 Å². The van der Waals surface area contributed by atoms with E-state index in [0.29, 0.717) is 12.0 Å². The van der Waals surface area contributed by atoms with E-state index in [2.05, 4.69) is 4.98 Å². The summed E-state index contributed by atoms with van der Waals surface area (Å²) in [6.45, 7) is 3.36. The average Bonchev–Trinajstić information content (AvgIpc) is 3.16.